The first-order valence-electron chi connectivity index (χ1n) is 3.87. The molecular weight excluding hydrogens is 138 g/mol. The molecule has 1 atom stereocenters. The highest BCUT2D eigenvalue weighted by atomic mass is 16.1. The summed E-state index contributed by atoms with van der Waals surface area (Å²) in [5.74, 6) is -0.380. The minimum atomic E-state index is -0.247. The fourth-order valence-electron chi connectivity index (χ4n) is 1.12. The van der Waals surface area contributed by atoms with Gasteiger partial charge in [-0.2, -0.15) is 0 Å². The van der Waals surface area contributed by atoms with Crippen LogP contribution in [0.5, 0.6) is 0 Å². The molecule has 0 radical (unpaired) electrons. The van der Waals surface area contributed by atoms with E-state index in [0.29, 0.717) is 0 Å². The molecule has 0 saturated carbocycles. The number of primary amides is 1. The molecule has 1 rings (SSSR count). The Kier molecular flexibility index (Phi) is 2.47. The molecule has 0 saturated heterocycles. The second-order valence-electron chi connectivity index (χ2n) is 2.81. The van der Waals surface area contributed by atoms with E-state index < -0.39 is 0 Å². The van der Waals surface area contributed by atoms with Gasteiger partial charge in [0.2, 0.25) is 5.91 Å². The number of nitrogens with two attached hydrogens (primary N) is 1. The maximum Gasteiger partial charge on any atom is 0.224 e. The van der Waals surface area contributed by atoms with E-state index >= 15 is 0 Å². The summed E-state index contributed by atoms with van der Waals surface area (Å²) < 4.78 is 0. The van der Waals surface area contributed by atoms with Gasteiger partial charge in [0, 0.05) is 1.43 Å². The predicted octanol–water partition coefficient (Wildman–Crippen LogP) is 1.63. The lowest BCUT2D eigenvalue weighted by atomic mass is 9.95. The Morgan fingerprint density at radius 1 is 1.73 bits per heavy atom. The Hall–Kier alpha value is -1.05. The van der Waals surface area contributed by atoms with Crippen LogP contribution >= 0.6 is 0 Å². The van der Waals surface area contributed by atoms with E-state index in [-0.39, 0.29) is 13.3 Å². The van der Waals surface area contributed by atoms with Gasteiger partial charge in [0.15, 0.2) is 0 Å². The summed E-state index contributed by atoms with van der Waals surface area (Å²) in [5, 5.41) is 0. The highest BCUT2D eigenvalue weighted by Gasteiger charge is 2.12. The molecule has 11 heavy (non-hydrogen) atoms. The summed E-state index contributed by atoms with van der Waals surface area (Å²) in [6.07, 6.45) is 8.25. The first-order valence-corrected chi connectivity index (χ1v) is 3.87. The van der Waals surface area contributed by atoms with Gasteiger partial charge < -0.3 is 5.73 Å². The van der Waals surface area contributed by atoms with Gasteiger partial charge in [-0.15, -0.1) is 0 Å². The number of hydrogen-bond acceptors (Lipinski definition) is 1. The van der Waals surface area contributed by atoms with Gasteiger partial charge in [-0.05, 0) is 25.3 Å². The van der Waals surface area contributed by atoms with Crippen LogP contribution in [0.3, 0.4) is 0 Å². The third-order valence-corrected chi connectivity index (χ3v) is 1.95. The highest BCUT2D eigenvalue weighted by molar-refractivity contribution is 5.80. The third kappa shape index (κ3) is 1.93. The lowest BCUT2D eigenvalue weighted by molar-refractivity contribution is -0.120. The van der Waals surface area contributed by atoms with E-state index in [0.717, 1.165) is 18.4 Å². The summed E-state index contributed by atoms with van der Waals surface area (Å²) in [4.78, 5) is 10.7. The van der Waals surface area contributed by atoms with E-state index in [1.807, 2.05) is 13.0 Å². The van der Waals surface area contributed by atoms with Crippen molar-refractivity contribution in [3.05, 3.63) is 23.8 Å². The SMILES string of the molecule is CC(C(N)=O)C1=CCCC=C1.[HH]. The molecule has 0 aromatic carbocycles. The lowest BCUT2D eigenvalue weighted by Crippen LogP contribution is -2.21. The molecule has 0 aromatic rings. The van der Waals surface area contributed by atoms with Crippen molar-refractivity contribution in [2.24, 2.45) is 11.7 Å². The average molecular weight is 153 g/mol. The van der Waals surface area contributed by atoms with Crippen molar-refractivity contribution in [3.63, 3.8) is 0 Å². The molecule has 62 valence electrons. The molecule has 0 fully saturated rings. The standard InChI is InChI=1S/C9H13NO.H2/c1-7(9(10)11)8-5-3-2-4-6-8;/h3,5-7H,2,4H2,1H3,(H2,10,11);1H. The smallest absolute Gasteiger partial charge is 0.224 e. The molecule has 2 nitrogen and oxygen atoms in total. The van der Waals surface area contributed by atoms with E-state index in [9.17, 15) is 4.79 Å². The molecule has 1 unspecified atom stereocenters. The number of hydrogen-bond donors (Lipinski definition) is 1. The van der Waals surface area contributed by atoms with Crippen molar-refractivity contribution in [2.75, 3.05) is 0 Å². The number of carbonyl (C=O) groups is 1. The zero-order valence-corrected chi connectivity index (χ0v) is 6.71. The van der Waals surface area contributed by atoms with Gasteiger partial charge in [-0.1, -0.05) is 18.2 Å². The van der Waals surface area contributed by atoms with E-state index in [1.54, 1.807) is 0 Å². The fraction of sp³-hybridized carbons (Fsp3) is 0.444. The molecule has 0 aliphatic heterocycles. The van der Waals surface area contributed by atoms with Crippen LogP contribution in [0.4, 0.5) is 0 Å². The van der Waals surface area contributed by atoms with Crippen LogP contribution in [0.25, 0.3) is 0 Å². The Morgan fingerprint density at radius 3 is 2.91 bits per heavy atom. The molecule has 1 aliphatic rings. The van der Waals surface area contributed by atoms with E-state index in [2.05, 4.69) is 12.2 Å². The first-order chi connectivity index (χ1) is 5.22. The van der Waals surface area contributed by atoms with Gasteiger partial charge >= 0.3 is 0 Å². The van der Waals surface area contributed by atoms with Crippen molar-refractivity contribution in [3.8, 4) is 0 Å². The number of amides is 1. The molecule has 0 spiro atoms. The molecular formula is C9H15NO. The summed E-state index contributed by atoms with van der Waals surface area (Å²) >= 11 is 0. The van der Waals surface area contributed by atoms with Crippen LogP contribution in [0, 0.1) is 5.92 Å². The average Bonchev–Trinajstić information content (AvgIpc) is 2.05. The normalized spacial score (nSPS) is 19.2. The topological polar surface area (TPSA) is 43.1 Å². The van der Waals surface area contributed by atoms with Crippen LogP contribution in [0.15, 0.2) is 23.8 Å². The highest BCUT2D eigenvalue weighted by Crippen LogP contribution is 2.17. The van der Waals surface area contributed by atoms with Crippen LogP contribution in [0.1, 0.15) is 21.2 Å². The van der Waals surface area contributed by atoms with Crippen LogP contribution in [-0.2, 0) is 4.79 Å². The zero-order chi connectivity index (χ0) is 8.27. The fourth-order valence-corrected chi connectivity index (χ4v) is 1.12. The molecule has 0 heterocycles. The van der Waals surface area contributed by atoms with Gasteiger partial charge in [-0.3, -0.25) is 4.79 Å². The minimum Gasteiger partial charge on any atom is -0.369 e. The molecule has 1 aliphatic carbocycles. The third-order valence-electron chi connectivity index (χ3n) is 1.95. The quantitative estimate of drug-likeness (QED) is 0.643. The Morgan fingerprint density at radius 2 is 2.45 bits per heavy atom. The van der Waals surface area contributed by atoms with Crippen molar-refractivity contribution >= 4 is 5.91 Å². The van der Waals surface area contributed by atoms with Gasteiger partial charge in [0.1, 0.15) is 0 Å². The molecule has 0 bridgehead atoms. The first kappa shape index (κ1) is 8.05. The molecule has 2 N–H and O–H groups in total. The molecule has 2 heteroatoms. The second-order valence-corrected chi connectivity index (χ2v) is 2.81. The monoisotopic (exact) mass is 153 g/mol. The maximum absolute atomic E-state index is 10.7. The minimum absolute atomic E-state index is 0. The van der Waals surface area contributed by atoms with Crippen molar-refractivity contribution in [2.45, 2.75) is 19.8 Å². The number of allylic oxidation sites excluding steroid dienone is 3. The second kappa shape index (κ2) is 3.37. The number of rotatable bonds is 2. The summed E-state index contributed by atoms with van der Waals surface area (Å²) in [5.41, 5.74) is 6.21. The Labute approximate surface area is 68.3 Å². The summed E-state index contributed by atoms with van der Waals surface area (Å²) in [6, 6.07) is 0. The van der Waals surface area contributed by atoms with E-state index in [1.165, 1.54) is 0 Å². The van der Waals surface area contributed by atoms with Crippen molar-refractivity contribution < 1.29 is 6.22 Å². The van der Waals surface area contributed by atoms with Crippen molar-refractivity contribution in [1.82, 2.24) is 0 Å². The van der Waals surface area contributed by atoms with Gasteiger partial charge in [-0.25, -0.2) is 0 Å². The molecule has 1 amide bonds. The zero-order valence-electron chi connectivity index (χ0n) is 6.71. The summed E-state index contributed by atoms with van der Waals surface area (Å²) in [7, 11) is 0. The lowest BCUT2D eigenvalue weighted by Gasteiger charge is -2.11. The largest absolute Gasteiger partial charge is 0.369 e. The predicted molar refractivity (Wildman–Crippen MR) is 46.9 cm³/mol. The summed E-state index contributed by atoms with van der Waals surface area (Å²) in [6.45, 7) is 1.84. The van der Waals surface area contributed by atoms with Crippen LogP contribution < -0.4 is 5.73 Å². The Bertz CT molecular complexity index is 221. The maximum atomic E-state index is 10.7. The van der Waals surface area contributed by atoms with Crippen LogP contribution in [-0.4, -0.2) is 5.91 Å². The van der Waals surface area contributed by atoms with Gasteiger partial charge in [0.05, 0.1) is 5.92 Å². The Balaban J connectivity index is 0.00000121. The van der Waals surface area contributed by atoms with E-state index in [4.69, 9.17) is 5.73 Å². The van der Waals surface area contributed by atoms with Gasteiger partial charge in [0.25, 0.3) is 0 Å². The number of carbonyl (C=O) groups excluding carboxylic acids is 1. The molecule has 0 aromatic heterocycles. The van der Waals surface area contributed by atoms with Crippen molar-refractivity contribution in [1.29, 1.82) is 0 Å². The van der Waals surface area contributed by atoms with Crippen LogP contribution in [0.2, 0.25) is 0 Å².